The van der Waals surface area contributed by atoms with Crippen LogP contribution in [0.15, 0.2) is 17.0 Å². The van der Waals surface area contributed by atoms with Crippen molar-refractivity contribution in [3.8, 4) is 0 Å². The number of halogens is 1. The van der Waals surface area contributed by atoms with Crippen LogP contribution in [0.5, 0.6) is 0 Å². The lowest BCUT2D eigenvalue weighted by atomic mass is 10.2. The lowest BCUT2D eigenvalue weighted by Crippen LogP contribution is -2.10. The predicted octanol–water partition coefficient (Wildman–Crippen LogP) is 3.89. The Morgan fingerprint density at radius 3 is 2.67 bits per heavy atom. The van der Waals surface area contributed by atoms with Crippen molar-refractivity contribution in [1.82, 2.24) is 14.4 Å². The summed E-state index contributed by atoms with van der Waals surface area (Å²) in [6.45, 7) is 11.3. The van der Waals surface area contributed by atoms with Crippen molar-refractivity contribution in [3.63, 3.8) is 0 Å². The van der Waals surface area contributed by atoms with E-state index in [1.54, 1.807) is 0 Å². The van der Waals surface area contributed by atoms with Gasteiger partial charge >= 0.3 is 0 Å². The summed E-state index contributed by atoms with van der Waals surface area (Å²) >= 11 is 3.41. The Labute approximate surface area is 117 Å². The van der Waals surface area contributed by atoms with Crippen molar-refractivity contribution in [2.24, 2.45) is 5.92 Å². The molecule has 2 rings (SSSR count). The summed E-state index contributed by atoms with van der Waals surface area (Å²) in [7, 11) is 0. The van der Waals surface area contributed by atoms with E-state index >= 15 is 0 Å². The molecule has 0 spiro atoms. The molecule has 5 heteroatoms. The second-order valence-corrected chi connectivity index (χ2v) is 5.09. The zero-order chi connectivity index (χ0) is 13.7. The van der Waals surface area contributed by atoms with E-state index in [-0.39, 0.29) is 0 Å². The van der Waals surface area contributed by atoms with Gasteiger partial charge in [0, 0.05) is 24.6 Å². The van der Waals surface area contributed by atoms with Crippen LogP contribution in [0.25, 0.3) is 5.65 Å². The van der Waals surface area contributed by atoms with Crippen LogP contribution in [0.3, 0.4) is 0 Å². The fourth-order valence-electron chi connectivity index (χ4n) is 1.50. The minimum Gasteiger partial charge on any atom is -0.367 e. The first-order valence-electron chi connectivity index (χ1n) is 6.32. The molecule has 0 aromatic carbocycles. The highest BCUT2D eigenvalue weighted by molar-refractivity contribution is 9.10. The molecule has 0 amide bonds. The highest BCUT2D eigenvalue weighted by atomic mass is 79.9. The van der Waals surface area contributed by atoms with Gasteiger partial charge < -0.3 is 5.32 Å². The molecule has 0 aliphatic carbocycles. The maximum Gasteiger partial charge on any atom is 0.180 e. The van der Waals surface area contributed by atoms with Crippen LogP contribution in [-0.2, 0) is 0 Å². The molecule has 2 heterocycles. The molecule has 0 saturated heterocycles. The first kappa shape index (κ1) is 15.0. The van der Waals surface area contributed by atoms with Gasteiger partial charge in [0.15, 0.2) is 11.5 Å². The van der Waals surface area contributed by atoms with E-state index in [1.807, 2.05) is 37.6 Å². The number of hydrogen-bond acceptors (Lipinski definition) is 3. The largest absolute Gasteiger partial charge is 0.367 e. The van der Waals surface area contributed by atoms with Crippen molar-refractivity contribution >= 4 is 27.4 Å². The molecule has 2 aromatic heterocycles. The fourth-order valence-corrected chi connectivity index (χ4v) is 1.88. The van der Waals surface area contributed by atoms with Gasteiger partial charge in [0.05, 0.1) is 0 Å². The normalized spacial score (nSPS) is 10.4. The highest BCUT2D eigenvalue weighted by Crippen LogP contribution is 2.18. The molecule has 0 fully saturated rings. The first-order chi connectivity index (χ1) is 8.58. The third-order valence-corrected chi connectivity index (χ3v) is 2.71. The first-order valence-corrected chi connectivity index (χ1v) is 7.11. The van der Waals surface area contributed by atoms with E-state index in [2.05, 4.69) is 45.1 Å². The van der Waals surface area contributed by atoms with Crippen LogP contribution in [0.1, 0.15) is 33.4 Å². The van der Waals surface area contributed by atoms with Crippen molar-refractivity contribution in [3.05, 3.63) is 22.7 Å². The van der Waals surface area contributed by atoms with Crippen LogP contribution >= 0.6 is 15.9 Å². The third-order valence-electron chi connectivity index (χ3n) is 2.33. The monoisotopic (exact) mass is 312 g/mol. The van der Waals surface area contributed by atoms with Gasteiger partial charge in [-0.1, -0.05) is 27.7 Å². The van der Waals surface area contributed by atoms with Crippen LogP contribution in [0.2, 0.25) is 0 Å². The van der Waals surface area contributed by atoms with Gasteiger partial charge in [-0.2, -0.15) is 0 Å². The van der Waals surface area contributed by atoms with E-state index < -0.39 is 0 Å². The molecule has 18 heavy (non-hydrogen) atoms. The number of nitrogens with one attached hydrogen (secondary N) is 1. The second-order valence-electron chi connectivity index (χ2n) is 4.28. The second kappa shape index (κ2) is 6.73. The quantitative estimate of drug-likeness (QED) is 0.934. The molecular weight excluding hydrogens is 292 g/mol. The molecule has 0 aliphatic heterocycles. The van der Waals surface area contributed by atoms with Crippen molar-refractivity contribution in [2.45, 2.75) is 34.6 Å². The van der Waals surface area contributed by atoms with Crippen molar-refractivity contribution in [2.75, 3.05) is 11.9 Å². The summed E-state index contributed by atoms with van der Waals surface area (Å²) < 4.78 is 2.84. The molecule has 100 valence electrons. The van der Waals surface area contributed by atoms with E-state index in [0.717, 1.165) is 28.3 Å². The van der Waals surface area contributed by atoms with Gasteiger partial charge in [0.1, 0.15) is 4.60 Å². The maximum absolute atomic E-state index is 4.41. The summed E-state index contributed by atoms with van der Waals surface area (Å²) in [5, 5.41) is 3.32. The molecule has 2 aromatic rings. The Balaban J connectivity index is 0.000000771. The van der Waals surface area contributed by atoms with Gasteiger partial charge in [0.2, 0.25) is 0 Å². The Hall–Kier alpha value is -1.10. The van der Waals surface area contributed by atoms with E-state index in [1.165, 1.54) is 0 Å². The van der Waals surface area contributed by atoms with Crippen molar-refractivity contribution < 1.29 is 0 Å². The number of nitrogens with zero attached hydrogens (tertiary/aromatic N) is 3. The minimum absolute atomic E-state index is 0.580. The van der Waals surface area contributed by atoms with E-state index in [0.29, 0.717) is 5.92 Å². The van der Waals surface area contributed by atoms with Gasteiger partial charge in [-0.15, -0.1) is 0 Å². The van der Waals surface area contributed by atoms with Crippen LogP contribution in [0, 0.1) is 12.8 Å². The molecule has 0 bridgehead atoms. The molecular formula is C13H21BrN4. The van der Waals surface area contributed by atoms with Crippen LogP contribution < -0.4 is 5.32 Å². The zero-order valence-corrected chi connectivity index (χ0v) is 13.2. The SMILES string of the molecule is CC.Cc1cnc2c(NCC(C)C)nc(Br)cn12. The average molecular weight is 313 g/mol. The standard InChI is InChI=1S/C11H15BrN4.C2H6/c1-7(2)4-13-10-11-14-5-8(3)16(11)6-9(12)15-10;1-2/h5-7H,4H2,1-3H3,(H,13,15);1-2H3. The van der Waals surface area contributed by atoms with Gasteiger partial charge in [-0.05, 0) is 28.8 Å². The predicted molar refractivity (Wildman–Crippen MR) is 80.1 cm³/mol. The topological polar surface area (TPSA) is 42.2 Å². The van der Waals surface area contributed by atoms with Gasteiger partial charge in [-0.3, -0.25) is 4.40 Å². The van der Waals surface area contributed by atoms with Crippen LogP contribution in [-0.4, -0.2) is 20.9 Å². The number of hydrogen-bond donors (Lipinski definition) is 1. The number of aromatic nitrogens is 3. The Morgan fingerprint density at radius 1 is 1.39 bits per heavy atom. The minimum atomic E-state index is 0.580. The van der Waals surface area contributed by atoms with Gasteiger partial charge in [0.25, 0.3) is 0 Å². The number of anilines is 1. The molecule has 0 unspecified atom stereocenters. The fraction of sp³-hybridized carbons (Fsp3) is 0.538. The molecule has 0 saturated carbocycles. The summed E-state index contributed by atoms with van der Waals surface area (Å²) in [5.41, 5.74) is 1.98. The Morgan fingerprint density at radius 2 is 2.06 bits per heavy atom. The van der Waals surface area contributed by atoms with Gasteiger partial charge in [-0.25, -0.2) is 9.97 Å². The number of rotatable bonds is 3. The lowest BCUT2D eigenvalue weighted by Gasteiger charge is -2.09. The molecule has 0 aliphatic rings. The summed E-state index contributed by atoms with van der Waals surface area (Å²) in [6, 6.07) is 0. The summed E-state index contributed by atoms with van der Waals surface area (Å²) in [4.78, 5) is 8.76. The Kier molecular flexibility index (Phi) is 5.59. The molecule has 0 radical (unpaired) electrons. The van der Waals surface area contributed by atoms with Crippen molar-refractivity contribution in [1.29, 1.82) is 0 Å². The average Bonchev–Trinajstić information content (AvgIpc) is 2.71. The zero-order valence-electron chi connectivity index (χ0n) is 11.7. The smallest absolute Gasteiger partial charge is 0.180 e. The van der Waals surface area contributed by atoms with E-state index in [4.69, 9.17) is 0 Å². The van der Waals surface area contributed by atoms with Crippen LogP contribution in [0.4, 0.5) is 5.82 Å². The number of fused-ring (bicyclic) bond motifs is 1. The maximum atomic E-state index is 4.41. The highest BCUT2D eigenvalue weighted by Gasteiger charge is 2.08. The molecule has 1 N–H and O–H groups in total. The third kappa shape index (κ3) is 3.45. The summed E-state index contributed by atoms with van der Waals surface area (Å²) in [5.74, 6) is 1.41. The van der Waals surface area contributed by atoms with E-state index in [9.17, 15) is 0 Å². The number of imidazole rings is 1. The number of aryl methyl sites for hydroxylation is 1. The Bertz CT molecular complexity index is 505. The molecule has 4 nitrogen and oxygen atoms in total. The molecule has 0 atom stereocenters. The lowest BCUT2D eigenvalue weighted by molar-refractivity contribution is 0.687. The summed E-state index contributed by atoms with van der Waals surface area (Å²) in [6.07, 6.45) is 3.78.